The number of halogens is 1. The molecular weight excluding hydrogens is 196 g/mol. The lowest BCUT2D eigenvalue weighted by molar-refractivity contribution is 0.676. The first-order valence-electron chi connectivity index (χ1n) is 4.98. The second kappa shape index (κ2) is 3.79. The second-order valence-corrected chi connectivity index (χ2v) is 4.42. The van der Waals surface area contributed by atoms with Crippen LogP contribution < -0.4 is 11.5 Å². The van der Waals surface area contributed by atoms with Gasteiger partial charge in [-0.25, -0.2) is 0 Å². The molecule has 1 aromatic carbocycles. The van der Waals surface area contributed by atoms with E-state index in [0.29, 0.717) is 12.0 Å². The molecule has 1 fully saturated rings. The van der Waals surface area contributed by atoms with Crippen LogP contribution >= 0.6 is 11.6 Å². The summed E-state index contributed by atoms with van der Waals surface area (Å²) < 4.78 is 0. The summed E-state index contributed by atoms with van der Waals surface area (Å²) in [5.41, 5.74) is 13.7. The van der Waals surface area contributed by atoms with Crippen molar-refractivity contribution in [2.75, 3.05) is 5.73 Å². The molecule has 2 nitrogen and oxygen atoms in total. The Morgan fingerprint density at radius 2 is 2.07 bits per heavy atom. The van der Waals surface area contributed by atoms with E-state index < -0.39 is 0 Å². The molecular formula is C11H15ClN2. The molecule has 1 saturated carbocycles. The minimum absolute atomic E-state index is 0.315. The second-order valence-electron chi connectivity index (χ2n) is 4.01. The smallest absolute Gasteiger partial charge is 0.0461 e. The number of benzene rings is 1. The van der Waals surface area contributed by atoms with Crippen LogP contribution in [0.25, 0.3) is 0 Å². The number of rotatable bonds is 1. The molecule has 1 aromatic rings. The molecule has 0 amide bonds. The standard InChI is InChI=1S/C11H15ClN2/c12-9-2-1-3-10(14)11(9)7-4-5-8(13)6-7/h1-3,7-8H,4-6,13-14H2. The summed E-state index contributed by atoms with van der Waals surface area (Å²) >= 11 is 6.14. The van der Waals surface area contributed by atoms with Gasteiger partial charge in [0.1, 0.15) is 0 Å². The van der Waals surface area contributed by atoms with Gasteiger partial charge in [0, 0.05) is 16.8 Å². The average Bonchev–Trinajstić information content (AvgIpc) is 2.51. The van der Waals surface area contributed by atoms with Crippen LogP contribution in [0.1, 0.15) is 30.7 Å². The summed E-state index contributed by atoms with van der Waals surface area (Å²) in [6, 6.07) is 6.01. The molecule has 2 atom stereocenters. The summed E-state index contributed by atoms with van der Waals surface area (Å²) in [7, 11) is 0. The maximum Gasteiger partial charge on any atom is 0.0461 e. The van der Waals surface area contributed by atoms with E-state index in [2.05, 4.69) is 0 Å². The summed E-state index contributed by atoms with van der Waals surface area (Å²) in [4.78, 5) is 0. The predicted octanol–water partition coefficient (Wildman–Crippen LogP) is 2.52. The van der Waals surface area contributed by atoms with Crippen molar-refractivity contribution in [3.63, 3.8) is 0 Å². The van der Waals surface area contributed by atoms with Gasteiger partial charge in [-0.2, -0.15) is 0 Å². The lowest BCUT2D eigenvalue weighted by Gasteiger charge is -2.14. The molecule has 0 bridgehead atoms. The topological polar surface area (TPSA) is 52.0 Å². The molecule has 2 unspecified atom stereocenters. The molecule has 76 valence electrons. The van der Waals surface area contributed by atoms with Gasteiger partial charge in [0.2, 0.25) is 0 Å². The van der Waals surface area contributed by atoms with E-state index in [-0.39, 0.29) is 0 Å². The third-order valence-electron chi connectivity index (χ3n) is 2.97. The Balaban J connectivity index is 2.31. The van der Waals surface area contributed by atoms with Gasteiger partial charge < -0.3 is 11.5 Å². The van der Waals surface area contributed by atoms with Gasteiger partial charge in [0.15, 0.2) is 0 Å². The highest BCUT2D eigenvalue weighted by Crippen LogP contribution is 2.39. The first-order chi connectivity index (χ1) is 6.68. The average molecular weight is 211 g/mol. The molecule has 0 aromatic heterocycles. The van der Waals surface area contributed by atoms with Crippen molar-refractivity contribution in [3.05, 3.63) is 28.8 Å². The van der Waals surface area contributed by atoms with Crippen LogP contribution in [-0.2, 0) is 0 Å². The van der Waals surface area contributed by atoms with Gasteiger partial charge in [0.05, 0.1) is 0 Å². The number of hydrogen-bond acceptors (Lipinski definition) is 2. The maximum atomic E-state index is 6.14. The molecule has 4 N–H and O–H groups in total. The SMILES string of the molecule is Nc1cccc(Cl)c1C1CCC(N)C1. The van der Waals surface area contributed by atoms with E-state index in [9.17, 15) is 0 Å². The Morgan fingerprint density at radius 3 is 2.64 bits per heavy atom. The van der Waals surface area contributed by atoms with E-state index >= 15 is 0 Å². The normalized spacial score (nSPS) is 26.7. The van der Waals surface area contributed by atoms with Crippen LogP contribution in [0.2, 0.25) is 5.02 Å². The van der Waals surface area contributed by atoms with Crippen LogP contribution in [0.4, 0.5) is 5.69 Å². The molecule has 1 aliphatic carbocycles. The Bertz CT molecular complexity index is 318. The van der Waals surface area contributed by atoms with Crippen molar-refractivity contribution < 1.29 is 0 Å². The van der Waals surface area contributed by atoms with Gasteiger partial charge in [-0.1, -0.05) is 17.7 Å². The van der Waals surface area contributed by atoms with Gasteiger partial charge in [0.25, 0.3) is 0 Å². The molecule has 0 aliphatic heterocycles. The first kappa shape index (κ1) is 9.81. The van der Waals surface area contributed by atoms with Crippen molar-refractivity contribution in [1.29, 1.82) is 0 Å². The Morgan fingerprint density at radius 1 is 1.29 bits per heavy atom. The third kappa shape index (κ3) is 1.72. The maximum absolute atomic E-state index is 6.14. The predicted molar refractivity (Wildman–Crippen MR) is 60.4 cm³/mol. The monoisotopic (exact) mass is 210 g/mol. The van der Waals surface area contributed by atoms with Crippen LogP contribution in [0, 0.1) is 0 Å². The zero-order valence-electron chi connectivity index (χ0n) is 8.04. The van der Waals surface area contributed by atoms with Crippen molar-refractivity contribution in [1.82, 2.24) is 0 Å². The highest BCUT2D eigenvalue weighted by atomic mass is 35.5. The van der Waals surface area contributed by atoms with Crippen molar-refractivity contribution >= 4 is 17.3 Å². The van der Waals surface area contributed by atoms with Crippen LogP contribution in [-0.4, -0.2) is 6.04 Å². The molecule has 0 saturated heterocycles. The first-order valence-corrected chi connectivity index (χ1v) is 5.35. The van der Waals surface area contributed by atoms with Gasteiger partial charge in [-0.05, 0) is 42.9 Å². The molecule has 0 radical (unpaired) electrons. The van der Waals surface area contributed by atoms with E-state index in [1.807, 2.05) is 18.2 Å². The highest BCUT2D eigenvalue weighted by Gasteiger charge is 2.26. The lowest BCUT2D eigenvalue weighted by atomic mass is 9.96. The Kier molecular flexibility index (Phi) is 2.66. The molecule has 2 rings (SSSR count). The van der Waals surface area contributed by atoms with E-state index in [1.165, 1.54) is 0 Å². The van der Waals surface area contributed by atoms with E-state index in [1.54, 1.807) is 0 Å². The zero-order valence-corrected chi connectivity index (χ0v) is 8.80. The van der Waals surface area contributed by atoms with E-state index in [0.717, 1.165) is 35.5 Å². The number of nitrogens with two attached hydrogens (primary N) is 2. The van der Waals surface area contributed by atoms with Crippen molar-refractivity contribution in [2.45, 2.75) is 31.2 Å². The zero-order chi connectivity index (χ0) is 10.1. The van der Waals surface area contributed by atoms with Crippen molar-refractivity contribution in [2.24, 2.45) is 5.73 Å². The summed E-state index contributed by atoms with van der Waals surface area (Å²) in [6.45, 7) is 0. The van der Waals surface area contributed by atoms with Crippen LogP contribution in [0.3, 0.4) is 0 Å². The van der Waals surface area contributed by atoms with Crippen LogP contribution in [0.5, 0.6) is 0 Å². The summed E-state index contributed by atoms with van der Waals surface area (Å²) in [6.07, 6.45) is 3.19. The lowest BCUT2D eigenvalue weighted by Crippen LogP contribution is -2.14. The van der Waals surface area contributed by atoms with Crippen LogP contribution in [0.15, 0.2) is 18.2 Å². The minimum atomic E-state index is 0.315. The fourth-order valence-electron chi connectivity index (χ4n) is 2.26. The summed E-state index contributed by atoms with van der Waals surface area (Å²) in [5, 5.41) is 0.782. The van der Waals surface area contributed by atoms with Gasteiger partial charge in [-0.15, -0.1) is 0 Å². The number of nitrogen functional groups attached to an aromatic ring is 1. The molecule has 14 heavy (non-hydrogen) atoms. The fourth-order valence-corrected chi connectivity index (χ4v) is 2.60. The quantitative estimate of drug-likeness (QED) is 0.700. The Labute approximate surface area is 89.2 Å². The third-order valence-corrected chi connectivity index (χ3v) is 3.30. The van der Waals surface area contributed by atoms with Gasteiger partial charge in [-0.3, -0.25) is 0 Å². The van der Waals surface area contributed by atoms with E-state index in [4.69, 9.17) is 23.1 Å². The molecule has 1 aliphatic rings. The Hall–Kier alpha value is -0.730. The minimum Gasteiger partial charge on any atom is -0.398 e. The number of hydrogen-bond donors (Lipinski definition) is 2. The number of anilines is 1. The molecule has 3 heteroatoms. The largest absolute Gasteiger partial charge is 0.398 e. The summed E-state index contributed by atoms with van der Waals surface area (Å²) in [5.74, 6) is 0.457. The molecule has 0 heterocycles. The fraction of sp³-hybridized carbons (Fsp3) is 0.455. The molecule has 0 spiro atoms. The van der Waals surface area contributed by atoms with Gasteiger partial charge >= 0.3 is 0 Å². The van der Waals surface area contributed by atoms with Crippen molar-refractivity contribution in [3.8, 4) is 0 Å². The highest BCUT2D eigenvalue weighted by molar-refractivity contribution is 6.31.